The van der Waals surface area contributed by atoms with Crippen molar-refractivity contribution in [3.8, 4) is 0 Å². The van der Waals surface area contributed by atoms with Gasteiger partial charge in [-0.3, -0.25) is 0 Å². The first-order valence-electron chi connectivity index (χ1n) is 0.478. The van der Waals surface area contributed by atoms with E-state index in [4.69, 9.17) is 12.6 Å². The van der Waals surface area contributed by atoms with Crippen molar-refractivity contribution in [2.24, 2.45) is 0 Å². The third-order valence-electron chi connectivity index (χ3n) is 0. The molecule has 0 saturated carbocycles. The second-order valence-electron chi connectivity index (χ2n) is 0.201. The molecule has 0 aliphatic carbocycles. The summed E-state index contributed by atoms with van der Waals surface area (Å²) in [7, 11) is 0. The Hall–Kier alpha value is 1.72. The van der Waals surface area contributed by atoms with Crippen LogP contribution in [0.15, 0.2) is 0 Å². The van der Waals surface area contributed by atoms with Crippen LogP contribution < -0.4 is 8.40 Å². The van der Waals surface area contributed by atoms with Crippen molar-refractivity contribution >= 4 is 0 Å². The third kappa shape index (κ3) is 26.7. The van der Waals surface area contributed by atoms with Gasteiger partial charge in [-0.25, -0.2) is 0 Å². The Morgan fingerprint density at radius 1 is 1.40 bits per heavy atom. The van der Waals surface area contributed by atoms with E-state index in [1.807, 2.05) is 0 Å². The van der Waals surface area contributed by atoms with Gasteiger partial charge in [0.15, 0.2) is 0 Å². The molecule has 29 valence electrons. The van der Waals surface area contributed by atoms with Crippen LogP contribution in [-0.2, 0) is 0 Å². The van der Waals surface area contributed by atoms with Crippen LogP contribution in [0.25, 0.3) is 0 Å². The normalized spacial score (nSPS) is 7.20. The first-order valence-corrected chi connectivity index (χ1v) is 2.48. The monoisotopic (exact) mass is 269 g/mol. The van der Waals surface area contributed by atoms with E-state index < -0.39 is 14.8 Å². The molecule has 0 unspecified atom stereocenters. The molecule has 1 radical (unpaired) electrons. The first kappa shape index (κ1) is 9.87. The van der Waals surface area contributed by atoms with Crippen molar-refractivity contribution in [3.05, 3.63) is 0 Å². The van der Waals surface area contributed by atoms with Gasteiger partial charge in [-0.2, -0.15) is 0 Å². The van der Waals surface area contributed by atoms with Crippen molar-refractivity contribution in [2.45, 2.75) is 0 Å². The fourth-order valence-electron chi connectivity index (χ4n) is 0. The van der Waals surface area contributed by atoms with Crippen molar-refractivity contribution in [3.63, 3.8) is 0 Å². The minimum atomic E-state index is -3.40. The van der Waals surface area contributed by atoms with Crippen LogP contribution in [0.3, 0.4) is 0 Å². The number of hydrogen-bond acceptors (Lipinski definition) is 3. The fraction of sp³-hybridized carbons (Fsp3) is 0. The minimum absolute atomic E-state index is 0. The van der Waals surface area contributed by atoms with E-state index in [-0.39, 0.29) is 41.3 Å². The Bertz CT molecular complexity index is 11.6. The predicted octanol–water partition coefficient (Wildman–Crippen LogP) is -2.94. The van der Waals surface area contributed by atoms with Crippen LogP contribution in [0, 0.1) is 56.1 Å². The Morgan fingerprint density at radius 2 is 1.40 bits per heavy atom. The molecule has 0 aliphatic rings. The van der Waals surface area contributed by atoms with Crippen LogP contribution in [-0.4, -0.2) is 4.20 Å². The van der Waals surface area contributed by atoms with Gasteiger partial charge < -0.3 is 8.40 Å². The Morgan fingerprint density at radius 3 is 1.40 bits per heavy atom. The summed E-state index contributed by atoms with van der Waals surface area (Å²) in [6, 6.07) is 0. The molecule has 0 aliphatic heterocycles. The summed E-state index contributed by atoms with van der Waals surface area (Å²) >= 11 is -3.40. The fourth-order valence-corrected chi connectivity index (χ4v) is 0. The molecule has 1 N–H and O–H groups in total. The second kappa shape index (κ2) is 5.72. The maximum absolute atomic E-state index is 8.63. The summed E-state index contributed by atoms with van der Waals surface area (Å²) in [5.41, 5.74) is 0. The largest absolute Gasteiger partial charge is 0.433 e. The van der Waals surface area contributed by atoms with Gasteiger partial charge in [-0.15, -0.1) is 0 Å². The number of rotatable bonds is 0. The average molecular weight is 270 g/mol. The van der Waals surface area contributed by atoms with Gasteiger partial charge in [0.25, 0.3) is 0 Å². The summed E-state index contributed by atoms with van der Waals surface area (Å²) in [6.07, 6.45) is 0. The summed E-state index contributed by atoms with van der Waals surface area (Å²) in [4.78, 5) is 0. The summed E-state index contributed by atoms with van der Waals surface area (Å²) in [5, 5.41) is 0. The Labute approximate surface area is 67.8 Å². The summed E-state index contributed by atoms with van der Waals surface area (Å²) in [6.45, 7) is 0. The molecule has 5 heavy (non-hydrogen) atoms. The zero-order valence-electron chi connectivity index (χ0n) is 2.22. The molecule has 0 bridgehead atoms. The minimum Gasteiger partial charge on any atom is -0.372 e. The maximum Gasteiger partial charge on any atom is 0.433 e. The number of hydrogen-bond donors (Lipinski definition) is 1. The average Bonchev–Trinajstić information content (AvgIpc) is 0.811. The first-order chi connectivity index (χ1) is 1.73. The zero-order chi connectivity index (χ0) is 3.58. The molecule has 0 aromatic heterocycles. The molecule has 0 aromatic carbocycles. The van der Waals surface area contributed by atoms with Crippen LogP contribution in [0.2, 0.25) is 0 Å². The SMILES string of the molecule is [O-][Br+2]([O-])O.[Pr]. The van der Waals surface area contributed by atoms with Gasteiger partial charge in [0.1, 0.15) is 0 Å². The van der Waals surface area contributed by atoms with Crippen molar-refractivity contribution in [2.75, 3.05) is 0 Å². The van der Waals surface area contributed by atoms with Crippen LogP contribution in [0.1, 0.15) is 0 Å². The van der Waals surface area contributed by atoms with Gasteiger partial charge >= 0.3 is 14.8 Å². The van der Waals surface area contributed by atoms with Crippen molar-refractivity contribution < 1.29 is 68.7 Å². The van der Waals surface area contributed by atoms with E-state index in [0.29, 0.717) is 0 Å². The van der Waals surface area contributed by atoms with E-state index in [2.05, 4.69) is 0 Å². The molecule has 0 heterocycles. The molecular formula is HBrO3Pr. The predicted molar refractivity (Wildman–Crippen MR) is 2.22 cm³/mol. The second-order valence-corrected chi connectivity index (χ2v) is 1.04. The van der Waals surface area contributed by atoms with Gasteiger partial charge in [0.2, 0.25) is 0 Å². The van der Waals surface area contributed by atoms with Crippen LogP contribution in [0.4, 0.5) is 0 Å². The van der Waals surface area contributed by atoms with E-state index in [1.165, 1.54) is 0 Å². The van der Waals surface area contributed by atoms with E-state index >= 15 is 0 Å². The quantitative estimate of drug-likeness (QED) is 0.512. The van der Waals surface area contributed by atoms with Crippen LogP contribution >= 0.6 is 0 Å². The smallest absolute Gasteiger partial charge is 0.372 e. The molecule has 0 spiro atoms. The maximum atomic E-state index is 8.63. The van der Waals surface area contributed by atoms with E-state index in [1.54, 1.807) is 0 Å². The van der Waals surface area contributed by atoms with Gasteiger partial charge in [-0.1, -0.05) is 0 Å². The number of halogens is 1. The topological polar surface area (TPSA) is 66.3 Å². The van der Waals surface area contributed by atoms with Crippen molar-refractivity contribution in [1.82, 2.24) is 0 Å². The molecular weight excluding hydrogens is 269 g/mol. The Kier molecular flexibility index (Phi) is 11.3. The van der Waals surface area contributed by atoms with Gasteiger partial charge in [-0.05, 0) is 4.20 Å². The molecule has 5 heteroatoms. The van der Waals surface area contributed by atoms with Gasteiger partial charge in [0, 0.05) is 41.3 Å². The van der Waals surface area contributed by atoms with Crippen molar-refractivity contribution in [1.29, 1.82) is 0 Å². The molecule has 3 nitrogen and oxygen atoms in total. The molecule has 0 amide bonds. The standard InChI is InChI=1S/BrHO3.Pr/c2-1(3)4;/h2H;. The zero-order valence-corrected chi connectivity index (χ0v) is 7.51. The van der Waals surface area contributed by atoms with Crippen LogP contribution in [0.5, 0.6) is 0 Å². The molecule has 0 rings (SSSR count). The summed E-state index contributed by atoms with van der Waals surface area (Å²) < 4.78 is 24.3. The summed E-state index contributed by atoms with van der Waals surface area (Å²) in [5.74, 6) is 0. The molecule has 0 atom stereocenters. The Balaban J connectivity index is 0. The molecule has 0 saturated heterocycles. The molecule has 0 fully saturated rings. The van der Waals surface area contributed by atoms with E-state index in [0.717, 1.165) is 0 Å². The van der Waals surface area contributed by atoms with Gasteiger partial charge in [0.05, 0.1) is 0 Å². The third-order valence-corrected chi connectivity index (χ3v) is 0. The molecule has 0 aromatic rings. The van der Waals surface area contributed by atoms with E-state index in [9.17, 15) is 0 Å².